The van der Waals surface area contributed by atoms with E-state index in [1.807, 2.05) is 9.44 Å². The molecule has 0 bridgehead atoms. The van der Waals surface area contributed by atoms with Crippen LogP contribution >= 0.6 is 31.9 Å². The Kier molecular flexibility index (Phi) is 8.93. The molecular weight excluding hydrogens is 688 g/mol. The van der Waals surface area contributed by atoms with Crippen molar-refractivity contribution >= 4 is 75.3 Å². The second-order valence-corrected chi connectivity index (χ2v) is 13.1. The number of nitrogens with one attached hydrogen (secondary N) is 4. The van der Waals surface area contributed by atoms with Gasteiger partial charge in [0.05, 0.1) is 0 Å². The van der Waals surface area contributed by atoms with E-state index in [9.17, 15) is 26.4 Å². The van der Waals surface area contributed by atoms with E-state index in [0.29, 0.717) is 20.3 Å². The fourth-order valence-electron chi connectivity index (χ4n) is 3.48. The smallest absolute Gasteiger partial charge is 0.307 e. The first-order valence-corrected chi connectivity index (χ1v) is 15.9. The van der Waals surface area contributed by atoms with E-state index in [4.69, 9.17) is 0 Å². The van der Waals surface area contributed by atoms with E-state index >= 15 is 0 Å². The fraction of sp³-hybridized carbons (Fsp3) is 0. The lowest BCUT2D eigenvalue weighted by molar-refractivity contribution is 0.255. The molecule has 0 aliphatic heterocycles. The van der Waals surface area contributed by atoms with E-state index < -0.39 is 32.1 Å². The van der Waals surface area contributed by atoms with Crippen LogP contribution in [-0.4, -0.2) is 28.9 Å². The first kappa shape index (κ1) is 29.3. The molecule has 0 aliphatic rings. The molecule has 4 aromatic carbocycles. The quantitative estimate of drug-likeness (QED) is 0.188. The highest BCUT2D eigenvalue weighted by atomic mass is 79.9. The van der Waals surface area contributed by atoms with E-state index in [1.54, 1.807) is 84.9 Å². The fourth-order valence-corrected chi connectivity index (χ4v) is 7.31. The minimum atomic E-state index is -4.08. The lowest BCUT2D eigenvalue weighted by atomic mass is 10.1. The Labute approximate surface area is 247 Å². The third kappa shape index (κ3) is 7.27. The number of hydrogen-bond acceptors (Lipinski definition) is 6. The zero-order valence-electron chi connectivity index (χ0n) is 20.3. The molecule has 0 saturated carbocycles. The molecule has 40 heavy (non-hydrogen) atoms. The molecule has 0 heterocycles. The van der Waals surface area contributed by atoms with Crippen molar-refractivity contribution in [3.63, 3.8) is 0 Å². The molecule has 0 aliphatic carbocycles. The highest BCUT2D eigenvalue weighted by Gasteiger charge is 2.21. The van der Waals surface area contributed by atoms with Crippen LogP contribution in [0.25, 0.3) is 11.1 Å². The molecule has 206 valence electrons. The Morgan fingerprint density at radius 2 is 0.825 bits per heavy atom. The number of hydrogen-bond donors (Lipinski definition) is 4. The molecule has 4 rings (SSSR count). The third-order valence-corrected chi connectivity index (χ3v) is 10.0. The molecule has 4 N–H and O–H groups in total. The Morgan fingerprint density at radius 1 is 0.500 bits per heavy atom. The first-order valence-electron chi connectivity index (χ1n) is 11.3. The topological polar surface area (TPSA) is 151 Å². The number of anilines is 2. The minimum Gasteiger partial charge on any atom is -0.307 e. The Morgan fingerprint density at radius 3 is 1.15 bits per heavy atom. The summed E-state index contributed by atoms with van der Waals surface area (Å²) in [6, 6.07) is 23.7. The van der Waals surface area contributed by atoms with Crippen LogP contribution in [0, 0.1) is 0 Å². The Hall–Kier alpha value is -3.72. The SMILES string of the molecule is O=C(Nc1ccc(-c2ccc(NC(=O)NS(=O)(=O)c3ccccc3Br)cc2)cc1)NS(=O)(=O)c1ccccc1Br. The van der Waals surface area contributed by atoms with Crippen LogP contribution in [0.15, 0.2) is 116 Å². The molecule has 0 spiro atoms. The summed E-state index contributed by atoms with van der Waals surface area (Å²) in [7, 11) is -8.16. The van der Waals surface area contributed by atoms with Crippen LogP contribution in [0.5, 0.6) is 0 Å². The molecule has 4 amide bonds. The number of rotatable bonds is 7. The second-order valence-electron chi connectivity index (χ2n) is 8.13. The van der Waals surface area contributed by atoms with Crippen LogP contribution in [0.4, 0.5) is 21.0 Å². The maximum atomic E-state index is 12.5. The highest BCUT2D eigenvalue weighted by Crippen LogP contribution is 2.25. The van der Waals surface area contributed by atoms with E-state index in [0.717, 1.165) is 11.1 Å². The van der Waals surface area contributed by atoms with Crippen LogP contribution in [-0.2, 0) is 20.0 Å². The van der Waals surface area contributed by atoms with Crippen LogP contribution in [0.2, 0.25) is 0 Å². The summed E-state index contributed by atoms with van der Waals surface area (Å²) in [5.41, 5.74) is 2.29. The lowest BCUT2D eigenvalue weighted by Crippen LogP contribution is -2.34. The van der Waals surface area contributed by atoms with Crippen molar-refractivity contribution in [3.05, 3.63) is 106 Å². The van der Waals surface area contributed by atoms with Gasteiger partial charge in [-0.05, 0) is 91.5 Å². The second kappa shape index (κ2) is 12.2. The maximum absolute atomic E-state index is 12.5. The number of urea groups is 2. The summed E-state index contributed by atoms with van der Waals surface area (Å²) >= 11 is 6.31. The normalized spacial score (nSPS) is 11.3. The predicted octanol–water partition coefficient (Wildman–Crippen LogP) is 5.90. The van der Waals surface area contributed by atoms with Crippen molar-refractivity contribution in [3.8, 4) is 11.1 Å². The molecule has 0 atom stereocenters. The maximum Gasteiger partial charge on any atom is 0.333 e. The van der Waals surface area contributed by atoms with Gasteiger partial charge in [-0.15, -0.1) is 0 Å². The predicted molar refractivity (Wildman–Crippen MR) is 159 cm³/mol. The van der Waals surface area contributed by atoms with Gasteiger partial charge in [0.2, 0.25) is 0 Å². The van der Waals surface area contributed by atoms with Gasteiger partial charge in [0.15, 0.2) is 0 Å². The molecule has 0 fully saturated rings. The lowest BCUT2D eigenvalue weighted by Gasteiger charge is -2.11. The largest absolute Gasteiger partial charge is 0.333 e. The van der Waals surface area contributed by atoms with E-state index in [2.05, 4.69) is 42.5 Å². The van der Waals surface area contributed by atoms with Gasteiger partial charge in [-0.1, -0.05) is 48.5 Å². The van der Waals surface area contributed by atoms with Gasteiger partial charge in [-0.2, -0.15) is 0 Å². The summed E-state index contributed by atoms with van der Waals surface area (Å²) in [4.78, 5) is 24.4. The molecule has 14 heteroatoms. The summed E-state index contributed by atoms with van der Waals surface area (Å²) < 4.78 is 54.5. The molecule has 0 radical (unpaired) electrons. The molecule has 4 aromatic rings. The van der Waals surface area contributed by atoms with Gasteiger partial charge in [-0.3, -0.25) is 0 Å². The Balaban J connectivity index is 1.35. The first-order chi connectivity index (χ1) is 18.9. The van der Waals surface area contributed by atoms with Gasteiger partial charge >= 0.3 is 12.1 Å². The van der Waals surface area contributed by atoms with Crippen molar-refractivity contribution < 1.29 is 26.4 Å². The molecular formula is C26H20Br2N4O6S2. The minimum absolute atomic E-state index is 0.0678. The summed E-state index contributed by atoms with van der Waals surface area (Å²) in [6.45, 7) is 0. The van der Waals surface area contributed by atoms with Crippen molar-refractivity contribution in [2.75, 3.05) is 10.6 Å². The van der Waals surface area contributed by atoms with Crippen molar-refractivity contribution in [2.24, 2.45) is 0 Å². The number of carbonyl (C=O) groups excluding carboxylic acids is 2. The third-order valence-electron chi connectivity index (χ3n) is 5.33. The number of benzene rings is 4. The molecule has 0 unspecified atom stereocenters. The standard InChI is InChI=1S/C26H20Br2N4O6S2/c27-21-5-1-3-7-23(21)39(35,36)31-25(33)29-19-13-9-17(10-14-19)18-11-15-20(16-12-18)30-26(34)32-40(37,38)24-8-4-2-6-22(24)28/h1-16H,(H2,29,31,33)(H2,30,32,34). The number of carbonyl (C=O) groups is 2. The zero-order valence-corrected chi connectivity index (χ0v) is 25.1. The van der Waals surface area contributed by atoms with E-state index in [1.165, 1.54) is 12.1 Å². The monoisotopic (exact) mass is 706 g/mol. The van der Waals surface area contributed by atoms with Gasteiger partial charge < -0.3 is 10.6 Å². The summed E-state index contributed by atoms with van der Waals surface area (Å²) in [6.07, 6.45) is 0. The van der Waals surface area contributed by atoms with Gasteiger partial charge in [0.1, 0.15) is 9.79 Å². The zero-order chi connectivity index (χ0) is 28.9. The summed E-state index contributed by atoms with van der Waals surface area (Å²) in [5, 5.41) is 4.96. The van der Waals surface area contributed by atoms with Crippen LogP contribution < -0.4 is 20.1 Å². The highest BCUT2D eigenvalue weighted by molar-refractivity contribution is 9.10. The van der Waals surface area contributed by atoms with Gasteiger partial charge in [0.25, 0.3) is 20.0 Å². The number of amides is 4. The molecule has 10 nitrogen and oxygen atoms in total. The van der Waals surface area contributed by atoms with E-state index in [-0.39, 0.29) is 9.79 Å². The number of sulfonamides is 2. The van der Waals surface area contributed by atoms with Gasteiger partial charge in [-0.25, -0.2) is 35.9 Å². The molecule has 0 aromatic heterocycles. The van der Waals surface area contributed by atoms with Crippen molar-refractivity contribution in [1.29, 1.82) is 0 Å². The number of halogens is 2. The molecule has 0 saturated heterocycles. The van der Waals surface area contributed by atoms with Crippen molar-refractivity contribution in [2.45, 2.75) is 9.79 Å². The van der Waals surface area contributed by atoms with Crippen LogP contribution in [0.1, 0.15) is 0 Å². The van der Waals surface area contributed by atoms with Gasteiger partial charge in [0, 0.05) is 20.3 Å². The van der Waals surface area contributed by atoms with Crippen LogP contribution in [0.3, 0.4) is 0 Å². The average Bonchev–Trinajstić information content (AvgIpc) is 2.89. The average molecular weight is 708 g/mol. The Bertz CT molecular complexity index is 1650. The van der Waals surface area contributed by atoms with Crippen molar-refractivity contribution in [1.82, 2.24) is 9.44 Å². The summed E-state index contributed by atoms with van der Waals surface area (Å²) in [5.74, 6) is 0.